The summed E-state index contributed by atoms with van der Waals surface area (Å²) < 4.78 is 13.3. The molecule has 3 N–H and O–H groups in total. The van der Waals surface area contributed by atoms with Crippen LogP contribution in [0, 0.1) is 5.82 Å². The number of carbonyl (C=O) groups is 1. The van der Waals surface area contributed by atoms with Gasteiger partial charge in [-0.2, -0.15) is 5.10 Å². The molecule has 2 amide bonds. The second-order valence-corrected chi connectivity index (χ2v) is 3.26. The third-order valence-corrected chi connectivity index (χ3v) is 1.98. The first-order chi connectivity index (χ1) is 6.59. The number of amides is 2. The third kappa shape index (κ3) is 3.14. The van der Waals surface area contributed by atoms with Gasteiger partial charge in [0.25, 0.3) is 0 Å². The SMILES string of the molecule is NC(=O)NN=Cc1ccc(Br)c(F)c1. The molecule has 14 heavy (non-hydrogen) atoms. The minimum Gasteiger partial charge on any atom is -0.350 e. The van der Waals surface area contributed by atoms with Crippen LogP contribution in [-0.2, 0) is 0 Å². The van der Waals surface area contributed by atoms with Crippen molar-refractivity contribution in [3.8, 4) is 0 Å². The molecular weight excluding hydrogens is 253 g/mol. The largest absolute Gasteiger partial charge is 0.350 e. The van der Waals surface area contributed by atoms with Gasteiger partial charge in [-0.3, -0.25) is 0 Å². The van der Waals surface area contributed by atoms with Crippen molar-refractivity contribution in [2.24, 2.45) is 10.8 Å². The predicted octanol–water partition coefficient (Wildman–Crippen LogP) is 1.59. The van der Waals surface area contributed by atoms with E-state index in [-0.39, 0.29) is 0 Å². The van der Waals surface area contributed by atoms with E-state index in [1.54, 1.807) is 12.1 Å². The second kappa shape index (κ2) is 4.71. The van der Waals surface area contributed by atoms with Crippen molar-refractivity contribution >= 4 is 28.2 Å². The summed E-state index contributed by atoms with van der Waals surface area (Å²) in [5, 5.41) is 3.48. The number of hydrazone groups is 1. The van der Waals surface area contributed by atoms with E-state index >= 15 is 0 Å². The number of nitrogens with two attached hydrogens (primary N) is 1. The molecule has 0 radical (unpaired) electrons. The molecule has 1 aromatic rings. The molecule has 0 aliphatic rings. The maximum absolute atomic E-state index is 12.9. The van der Waals surface area contributed by atoms with Crippen molar-refractivity contribution in [3.63, 3.8) is 0 Å². The van der Waals surface area contributed by atoms with Gasteiger partial charge in [-0.15, -0.1) is 0 Å². The maximum atomic E-state index is 12.9. The van der Waals surface area contributed by atoms with Crippen molar-refractivity contribution in [1.29, 1.82) is 0 Å². The Morgan fingerprint density at radius 2 is 2.36 bits per heavy atom. The molecular formula is C8H7BrFN3O. The minimum absolute atomic E-state index is 0.373. The molecule has 0 unspecified atom stereocenters. The average Bonchev–Trinajstić information content (AvgIpc) is 2.10. The molecule has 4 nitrogen and oxygen atoms in total. The van der Waals surface area contributed by atoms with E-state index in [0.29, 0.717) is 10.0 Å². The number of nitrogens with one attached hydrogen (secondary N) is 1. The van der Waals surface area contributed by atoms with Gasteiger partial charge in [-0.1, -0.05) is 6.07 Å². The Morgan fingerprint density at radius 3 is 2.93 bits per heavy atom. The predicted molar refractivity (Wildman–Crippen MR) is 54.4 cm³/mol. The highest BCUT2D eigenvalue weighted by Crippen LogP contribution is 2.15. The first-order valence-corrected chi connectivity index (χ1v) is 4.42. The standard InChI is InChI=1S/C8H7BrFN3O/c9-6-2-1-5(3-7(6)10)4-12-13-8(11)14/h1-4H,(H3,11,13,14). The Bertz CT molecular complexity index is 381. The molecule has 74 valence electrons. The summed E-state index contributed by atoms with van der Waals surface area (Å²) in [7, 11) is 0. The molecule has 1 rings (SSSR count). The van der Waals surface area contributed by atoms with E-state index in [2.05, 4.69) is 21.0 Å². The molecule has 0 fully saturated rings. The Balaban J connectivity index is 2.73. The topological polar surface area (TPSA) is 67.5 Å². The van der Waals surface area contributed by atoms with Gasteiger partial charge in [-0.25, -0.2) is 14.6 Å². The van der Waals surface area contributed by atoms with Crippen molar-refractivity contribution in [2.45, 2.75) is 0 Å². The van der Waals surface area contributed by atoms with Crippen LogP contribution in [0.2, 0.25) is 0 Å². The van der Waals surface area contributed by atoms with Crippen LogP contribution < -0.4 is 11.2 Å². The molecule has 0 atom stereocenters. The number of halogens is 2. The Kier molecular flexibility index (Phi) is 3.58. The summed E-state index contributed by atoms with van der Waals surface area (Å²) in [6, 6.07) is 3.69. The van der Waals surface area contributed by atoms with Gasteiger partial charge in [0.1, 0.15) is 5.82 Å². The van der Waals surface area contributed by atoms with Gasteiger partial charge in [0.2, 0.25) is 0 Å². The van der Waals surface area contributed by atoms with Crippen LogP contribution in [0.15, 0.2) is 27.8 Å². The maximum Gasteiger partial charge on any atom is 0.332 e. The van der Waals surface area contributed by atoms with Gasteiger partial charge in [0, 0.05) is 0 Å². The van der Waals surface area contributed by atoms with E-state index in [9.17, 15) is 9.18 Å². The Hall–Kier alpha value is -1.43. The lowest BCUT2D eigenvalue weighted by Crippen LogP contribution is -2.24. The quantitative estimate of drug-likeness (QED) is 0.615. The van der Waals surface area contributed by atoms with E-state index < -0.39 is 11.8 Å². The van der Waals surface area contributed by atoms with E-state index in [4.69, 9.17) is 5.73 Å². The van der Waals surface area contributed by atoms with Crippen molar-refractivity contribution in [3.05, 3.63) is 34.1 Å². The number of benzene rings is 1. The van der Waals surface area contributed by atoms with E-state index in [1.807, 2.05) is 5.43 Å². The van der Waals surface area contributed by atoms with Crippen LogP contribution in [0.5, 0.6) is 0 Å². The minimum atomic E-state index is -0.765. The highest BCUT2D eigenvalue weighted by molar-refractivity contribution is 9.10. The highest BCUT2D eigenvalue weighted by Gasteiger charge is 1.98. The van der Waals surface area contributed by atoms with E-state index in [1.165, 1.54) is 12.3 Å². The summed E-state index contributed by atoms with van der Waals surface area (Å²) in [4.78, 5) is 10.2. The zero-order chi connectivity index (χ0) is 10.6. The first kappa shape index (κ1) is 10.6. The number of rotatable bonds is 2. The lowest BCUT2D eigenvalue weighted by atomic mass is 10.2. The van der Waals surface area contributed by atoms with Gasteiger partial charge in [-0.05, 0) is 33.6 Å². The fraction of sp³-hybridized carbons (Fsp3) is 0. The van der Waals surface area contributed by atoms with Gasteiger partial charge in [0.15, 0.2) is 0 Å². The smallest absolute Gasteiger partial charge is 0.332 e. The first-order valence-electron chi connectivity index (χ1n) is 3.63. The second-order valence-electron chi connectivity index (χ2n) is 2.41. The molecule has 6 heteroatoms. The van der Waals surface area contributed by atoms with Crippen LogP contribution in [0.4, 0.5) is 9.18 Å². The van der Waals surface area contributed by atoms with Crippen LogP contribution in [0.25, 0.3) is 0 Å². The summed E-state index contributed by atoms with van der Waals surface area (Å²) in [6.45, 7) is 0. The van der Waals surface area contributed by atoms with Gasteiger partial charge >= 0.3 is 6.03 Å². The number of primary amides is 1. The van der Waals surface area contributed by atoms with Crippen molar-refractivity contribution < 1.29 is 9.18 Å². The third-order valence-electron chi connectivity index (χ3n) is 1.33. The molecule has 0 aromatic heterocycles. The number of nitrogens with zero attached hydrogens (tertiary/aromatic N) is 1. The van der Waals surface area contributed by atoms with Crippen LogP contribution in [0.1, 0.15) is 5.56 Å². The molecule has 0 bridgehead atoms. The Morgan fingerprint density at radius 1 is 1.64 bits per heavy atom. The normalized spacial score (nSPS) is 10.4. The van der Waals surface area contributed by atoms with Crippen LogP contribution in [0.3, 0.4) is 0 Å². The number of carbonyl (C=O) groups excluding carboxylic acids is 1. The summed E-state index contributed by atoms with van der Waals surface area (Å²) in [5.41, 5.74) is 7.29. The van der Waals surface area contributed by atoms with Crippen LogP contribution >= 0.6 is 15.9 Å². The van der Waals surface area contributed by atoms with Crippen molar-refractivity contribution in [2.75, 3.05) is 0 Å². The molecule has 0 saturated carbocycles. The average molecular weight is 260 g/mol. The number of hydrogen-bond acceptors (Lipinski definition) is 2. The molecule has 0 spiro atoms. The molecule has 0 heterocycles. The molecule has 1 aromatic carbocycles. The molecule has 0 saturated heterocycles. The highest BCUT2D eigenvalue weighted by atomic mass is 79.9. The lowest BCUT2D eigenvalue weighted by Gasteiger charge is -1.96. The van der Waals surface area contributed by atoms with Gasteiger partial charge in [0.05, 0.1) is 10.7 Å². The zero-order valence-corrected chi connectivity index (χ0v) is 8.58. The monoisotopic (exact) mass is 259 g/mol. The summed E-state index contributed by atoms with van der Waals surface area (Å²) in [5.74, 6) is -0.395. The molecule has 0 aliphatic heterocycles. The van der Waals surface area contributed by atoms with Gasteiger partial charge < -0.3 is 5.73 Å². The number of hydrogen-bond donors (Lipinski definition) is 2. The Labute approximate surface area is 88.1 Å². The number of urea groups is 1. The fourth-order valence-electron chi connectivity index (χ4n) is 0.763. The zero-order valence-electron chi connectivity index (χ0n) is 7.00. The fourth-order valence-corrected chi connectivity index (χ4v) is 1.01. The van der Waals surface area contributed by atoms with Crippen LogP contribution in [-0.4, -0.2) is 12.2 Å². The summed E-state index contributed by atoms with van der Waals surface area (Å²) in [6.07, 6.45) is 1.29. The summed E-state index contributed by atoms with van der Waals surface area (Å²) >= 11 is 3.01. The molecule has 0 aliphatic carbocycles. The van der Waals surface area contributed by atoms with Crippen molar-refractivity contribution in [1.82, 2.24) is 5.43 Å². The lowest BCUT2D eigenvalue weighted by molar-refractivity contribution is 0.249. The van der Waals surface area contributed by atoms with E-state index in [0.717, 1.165) is 0 Å².